The molecular formula is C22H22IN. The van der Waals surface area contributed by atoms with E-state index in [1.165, 1.54) is 16.7 Å². The van der Waals surface area contributed by atoms with E-state index in [2.05, 4.69) is 126 Å². The minimum Gasteiger partial charge on any atom is -0.299 e. The van der Waals surface area contributed by atoms with Crippen LogP contribution in [-0.4, -0.2) is 10.5 Å². The molecule has 3 aromatic rings. The third kappa shape index (κ3) is 3.55. The monoisotopic (exact) mass is 427 g/mol. The number of hydrogen-bond donors (Lipinski definition) is 1. The van der Waals surface area contributed by atoms with Crippen molar-refractivity contribution in [2.45, 2.75) is 16.4 Å². The third-order valence-electron chi connectivity index (χ3n) is 4.27. The zero-order valence-corrected chi connectivity index (χ0v) is 16.0. The van der Waals surface area contributed by atoms with Crippen LogP contribution in [0.5, 0.6) is 0 Å². The zero-order chi connectivity index (χ0) is 16.8. The third-order valence-corrected chi connectivity index (χ3v) is 4.71. The van der Waals surface area contributed by atoms with Gasteiger partial charge < -0.3 is 0 Å². The van der Waals surface area contributed by atoms with Gasteiger partial charge >= 0.3 is 0 Å². The maximum Gasteiger partial charge on any atom is 0.0948 e. The van der Waals surface area contributed by atoms with E-state index < -0.39 is 0 Å². The summed E-state index contributed by atoms with van der Waals surface area (Å²) in [6.45, 7) is 3.17. The van der Waals surface area contributed by atoms with Crippen molar-refractivity contribution in [2.75, 3.05) is 6.54 Å². The molecule has 0 aliphatic heterocycles. The molecule has 0 spiro atoms. The lowest BCUT2D eigenvalue weighted by atomic mass is 9.77. The van der Waals surface area contributed by atoms with Crippen molar-refractivity contribution in [3.8, 4) is 0 Å². The van der Waals surface area contributed by atoms with Crippen molar-refractivity contribution in [1.82, 2.24) is 5.32 Å². The van der Waals surface area contributed by atoms with Crippen LogP contribution in [0.2, 0.25) is 0 Å². The first kappa shape index (κ1) is 17.2. The molecule has 0 saturated carbocycles. The topological polar surface area (TPSA) is 12.0 Å². The molecule has 0 heterocycles. The number of hydrogen-bond acceptors (Lipinski definition) is 1. The molecule has 3 rings (SSSR count). The van der Waals surface area contributed by atoms with Gasteiger partial charge in [-0.3, -0.25) is 5.32 Å². The first-order chi connectivity index (χ1) is 11.7. The fourth-order valence-corrected chi connectivity index (χ4v) is 3.38. The molecule has 1 atom stereocenters. The standard InChI is InChI=1S/C22H22IN/c1-18(23)17-24-22(19-11-5-2-6-12-19,20-13-7-3-8-14-20)21-15-9-4-10-16-21/h2-16,18,24H,17H2,1H3. The average Bonchev–Trinajstić information content (AvgIpc) is 2.65. The van der Waals surface area contributed by atoms with Gasteiger partial charge in [0.15, 0.2) is 0 Å². The molecule has 0 saturated heterocycles. The van der Waals surface area contributed by atoms with E-state index in [1.807, 2.05) is 0 Å². The number of halogens is 1. The van der Waals surface area contributed by atoms with Gasteiger partial charge in [-0.2, -0.15) is 0 Å². The summed E-state index contributed by atoms with van der Waals surface area (Å²) in [6.07, 6.45) is 0. The summed E-state index contributed by atoms with van der Waals surface area (Å²) in [5, 5.41) is 3.87. The van der Waals surface area contributed by atoms with Crippen LogP contribution in [0.3, 0.4) is 0 Å². The Kier molecular flexibility index (Phi) is 5.69. The van der Waals surface area contributed by atoms with Crippen LogP contribution in [0, 0.1) is 0 Å². The molecule has 0 aliphatic rings. The Morgan fingerprint density at radius 2 is 1.04 bits per heavy atom. The molecule has 0 bridgehead atoms. The predicted octanol–water partition coefficient (Wildman–Crippen LogP) is 5.39. The second-order valence-corrected chi connectivity index (χ2v) is 8.14. The van der Waals surface area contributed by atoms with E-state index in [0.29, 0.717) is 3.92 Å². The highest BCUT2D eigenvalue weighted by Gasteiger charge is 2.35. The summed E-state index contributed by atoms with van der Waals surface area (Å²) in [4.78, 5) is 0. The van der Waals surface area contributed by atoms with Gasteiger partial charge in [-0.1, -0.05) is 121 Å². The largest absolute Gasteiger partial charge is 0.299 e. The Bertz CT molecular complexity index is 642. The number of rotatable bonds is 6. The molecular weight excluding hydrogens is 405 g/mol. The number of benzene rings is 3. The van der Waals surface area contributed by atoms with Gasteiger partial charge in [-0.15, -0.1) is 0 Å². The average molecular weight is 427 g/mol. The quantitative estimate of drug-likeness (QED) is 0.316. The molecule has 24 heavy (non-hydrogen) atoms. The summed E-state index contributed by atoms with van der Waals surface area (Å²) in [5.41, 5.74) is 3.45. The lowest BCUT2D eigenvalue weighted by Gasteiger charge is -2.37. The molecule has 2 heteroatoms. The van der Waals surface area contributed by atoms with Gasteiger partial charge in [0, 0.05) is 10.5 Å². The van der Waals surface area contributed by atoms with Gasteiger partial charge in [0.25, 0.3) is 0 Å². The van der Waals surface area contributed by atoms with Crippen LogP contribution >= 0.6 is 22.6 Å². The van der Waals surface area contributed by atoms with E-state index >= 15 is 0 Å². The van der Waals surface area contributed by atoms with Gasteiger partial charge in [0.2, 0.25) is 0 Å². The molecule has 0 radical (unpaired) electrons. The van der Waals surface area contributed by atoms with Gasteiger partial charge in [-0.05, 0) is 16.7 Å². The van der Waals surface area contributed by atoms with E-state index in [0.717, 1.165) is 6.54 Å². The van der Waals surface area contributed by atoms with E-state index in [-0.39, 0.29) is 5.54 Å². The molecule has 3 aromatic carbocycles. The molecule has 0 aliphatic carbocycles. The van der Waals surface area contributed by atoms with Gasteiger partial charge in [-0.25, -0.2) is 0 Å². The maximum atomic E-state index is 3.87. The van der Waals surface area contributed by atoms with Crippen molar-refractivity contribution in [2.24, 2.45) is 0 Å². The molecule has 0 aromatic heterocycles. The van der Waals surface area contributed by atoms with Crippen LogP contribution in [0.1, 0.15) is 23.6 Å². The number of nitrogens with one attached hydrogen (secondary N) is 1. The second-order valence-electron chi connectivity index (χ2n) is 6.01. The number of alkyl halides is 1. The zero-order valence-electron chi connectivity index (χ0n) is 13.8. The van der Waals surface area contributed by atoms with Crippen molar-refractivity contribution >= 4 is 22.6 Å². The van der Waals surface area contributed by atoms with E-state index in [1.54, 1.807) is 0 Å². The fourth-order valence-electron chi connectivity index (χ4n) is 3.16. The molecule has 0 amide bonds. The maximum absolute atomic E-state index is 3.87. The molecule has 1 unspecified atom stereocenters. The van der Waals surface area contributed by atoms with Gasteiger partial charge in [0.1, 0.15) is 0 Å². The van der Waals surface area contributed by atoms with Crippen LogP contribution in [0.4, 0.5) is 0 Å². The minimum absolute atomic E-state index is 0.344. The molecule has 1 nitrogen and oxygen atoms in total. The van der Waals surface area contributed by atoms with Crippen LogP contribution in [0.25, 0.3) is 0 Å². The minimum atomic E-state index is -0.344. The Labute approximate surface area is 158 Å². The molecule has 122 valence electrons. The van der Waals surface area contributed by atoms with Crippen LogP contribution in [0.15, 0.2) is 91.0 Å². The predicted molar refractivity (Wildman–Crippen MR) is 111 cm³/mol. The van der Waals surface area contributed by atoms with E-state index in [9.17, 15) is 0 Å². The lowest BCUT2D eigenvalue weighted by Crippen LogP contribution is -2.46. The van der Waals surface area contributed by atoms with Crippen molar-refractivity contribution < 1.29 is 0 Å². The summed E-state index contributed by atoms with van der Waals surface area (Å²) in [5.74, 6) is 0. The Morgan fingerprint density at radius 1 is 0.708 bits per heavy atom. The Balaban J connectivity index is 2.24. The van der Waals surface area contributed by atoms with Gasteiger partial charge in [0.05, 0.1) is 5.54 Å². The fraction of sp³-hybridized carbons (Fsp3) is 0.182. The first-order valence-electron chi connectivity index (χ1n) is 8.29. The molecule has 1 N–H and O–H groups in total. The molecule has 0 fully saturated rings. The summed E-state index contributed by atoms with van der Waals surface area (Å²) in [6, 6.07) is 32.2. The van der Waals surface area contributed by atoms with Crippen LogP contribution < -0.4 is 5.32 Å². The van der Waals surface area contributed by atoms with Crippen molar-refractivity contribution in [3.05, 3.63) is 108 Å². The smallest absolute Gasteiger partial charge is 0.0948 e. The van der Waals surface area contributed by atoms with Crippen molar-refractivity contribution in [1.29, 1.82) is 0 Å². The Morgan fingerprint density at radius 3 is 1.33 bits per heavy atom. The SMILES string of the molecule is CC(I)CNC(c1ccccc1)(c1ccccc1)c1ccccc1. The highest BCUT2D eigenvalue weighted by atomic mass is 127. The summed E-state index contributed by atoms with van der Waals surface area (Å²) < 4.78 is 0.540. The lowest BCUT2D eigenvalue weighted by molar-refractivity contribution is 0.478. The van der Waals surface area contributed by atoms with Crippen LogP contribution in [-0.2, 0) is 5.54 Å². The summed E-state index contributed by atoms with van der Waals surface area (Å²) >= 11 is 2.48. The van der Waals surface area contributed by atoms with Crippen molar-refractivity contribution in [3.63, 3.8) is 0 Å². The normalized spacial score (nSPS) is 12.8. The Hall–Kier alpha value is -1.65. The highest BCUT2D eigenvalue weighted by molar-refractivity contribution is 14.1. The second kappa shape index (κ2) is 7.95. The summed E-state index contributed by atoms with van der Waals surface area (Å²) in [7, 11) is 0. The first-order valence-corrected chi connectivity index (χ1v) is 9.54. The highest BCUT2D eigenvalue weighted by Crippen LogP contribution is 2.36. The van der Waals surface area contributed by atoms with E-state index in [4.69, 9.17) is 0 Å².